The fraction of sp³-hybridized carbons (Fsp3) is 0.393. The van der Waals surface area contributed by atoms with Gasteiger partial charge in [-0.1, -0.05) is 17.7 Å². The van der Waals surface area contributed by atoms with Gasteiger partial charge in [-0.15, -0.1) is 0 Å². The molecule has 3 atom stereocenters. The van der Waals surface area contributed by atoms with Crippen LogP contribution in [0.1, 0.15) is 6.42 Å². The highest BCUT2D eigenvalue weighted by atomic mass is 35.5. The Kier molecular flexibility index (Phi) is 8.28. The Morgan fingerprint density at radius 1 is 1.17 bits per heavy atom. The number of nitrogens with one attached hydrogen (secondary N) is 2. The van der Waals surface area contributed by atoms with Gasteiger partial charge < -0.3 is 24.8 Å². The van der Waals surface area contributed by atoms with Crippen LogP contribution in [0.5, 0.6) is 5.75 Å². The molecular weight excluding hydrogens is 589 g/mol. The molecule has 42 heavy (non-hydrogen) atoms. The van der Waals surface area contributed by atoms with E-state index in [1.165, 1.54) is 30.6 Å². The molecule has 0 aliphatic carbocycles. The van der Waals surface area contributed by atoms with Gasteiger partial charge in [0, 0.05) is 42.9 Å². The third-order valence-electron chi connectivity index (χ3n) is 7.33. The summed E-state index contributed by atoms with van der Waals surface area (Å²) in [5, 5.41) is 6.47. The van der Waals surface area contributed by atoms with Crippen molar-refractivity contribution in [1.82, 2.24) is 14.9 Å². The molecule has 3 unspecified atom stereocenters. The van der Waals surface area contributed by atoms with Crippen molar-refractivity contribution in [2.24, 2.45) is 0 Å². The fourth-order valence-corrected chi connectivity index (χ4v) is 7.06. The maximum absolute atomic E-state index is 13.7. The van der Waals surface area contributed by atoms with E-state index in [0.717, 1.165) is 13.1 Å². The van der Waals surface area contributed by atoms with Gasteiger partial charge in [-0.05, 0) is 30.7 Å². The molecule has 0 radical (unpaired) electrons. The highest BCUT2D eigenvalue weighted by Gasteiger charge is 2.36. The second-order valence-corrected chi connectivity index (χ2v) is 13.0. The number of hydrogen-bond donors (Lipinski definition) is 2. The first-order valence-electron chi connectivity index (χ1n) is 13.5. The normalized spacial score (nSPS) is 23.7. The Hall–Kier alpha value is -3.36. The number of ether oxygens (including phenoxy) is 3. The summed E-state index contributed by atoms with van der Waals surface area (Å²) in [6, 6.07) is 7.49. The molecule has 3 saturated heterocycles. The summed E-state index contributed by atoms with van der Waals surface area (Å²) < 4.78 is 55.3. The Morgan fingerprint density at radius 2 is 1.95 bits per heavy atom. The highest BCUT2D eigenvalue weighted by Crippen LogP contribution is 2.35. The zero-order chi connectivity index (χ0) is 29.3. The third-order valence-corrected chi connectivity index (χ3v) is 9.36. The molecule has 3 aromatic rings. The van der Waals surface area contributed by atoms with Crippen LogP contribution in [0.15, 0.2) is 48.8 Å². The number of likely N-dealkylation sites (tertiary alicyclic amines) is 1. The predicted molar refractivity (Wildman–Crippen MR) is 156 cm³/mol. The molecule has 11 nitrogen and oxygen atoms in total. The number of fused-ring (bicyclic) bond motifs is 2. The van der Waals surface area contributed by atoms with Crippen molar-refractivity contribution in [3.8, 4) is 5.75 Å². The van der Waals surface area contributed by atoms with Gasteiger partial charge in [0.1, 0.15) is 29.8 Å². The summed E-state index contributed by atoms with van der Waals surface area (Å²) in [7, 11) is -3.19. The standard InChI is InChI=1S/C28H29ClFN5O6S/c29-20-10-17(3-4-21(20)30)33-28-19-11-23(24(12-22(19)31-16-32-28)41-18-5-9-42(37,38)15-18)34-27(36)2-1-6-35-13-25-26(14-35)40-8-7-39-25/h1-4,10-12,16,18,25-26H,5-9,13-15H2,(H,34,36)(H,31,32,33)/b2-1+. The van der Waals surface area contributed by atoms with Gasteiger partial charge >= 0.3 is 0 Å². The van der Waals surface area contributed by atoms with Gasteiger partial charge in [0.05, 0.1) is 53.2 Å². The number of carbonyl (C=O) groups is 1. The minimum absolute atomic E-state index is 0.0421. The average molecular weight is 618 g/mol. The van der Waals surface area contributed by atoms with E-state index in [1.807, 2.05) is 0 Å². The molecule has 14 heteroatoms. The quantitative estimate of drug-likeness (QED) is 0.363. The zero-order valence-corrected chi connectivity index (χ0v) is 24.0. The minimum atomic E-state index is -3.19. The second-order valence-electron chi connectivity index (χ2n) is 10.4. The SMILES string of the molecule is O=C(/C=C/CN1CC2OCCOC2C1)Nc1cc2c(Nc3ccc(F)c(Cl)c3)ncnc2cc1OC1CCS(=O)(=O)C1. The molecule has 1 aromatic heterocycles. The average Bonchev–Trinajstić information content (AvgIpc) is 3.53. The lowest BCUT2D eigenvalue weighted by Gasteiger charge is -2.24. The number of carbonyl (C=O) groups excluding carboxylic acids is 1. The molecule has 1 amide bonds. The van der Waals surface area contributed by atoms with Crippen molar-refractivity contribution in [1.29, 1.82) is 0 Å². The molecule has 2 N–H and O–H groups in total. The number of rotatable bonds is 8. The van der Waals surface area contributed by atoms with Crippen LogP contribution < -0.4 is 15.4 Å². The van der Waals surface area contributed by atoms with Crippen LogP contribution in [0.25, 0.3) is 10.9 Å². The van der Waals surface area contributed by atoms with Gasteiger partial charge in [-0.3, -0.25) is 9.69 Å². The van der Waals surface area contributed by atoms with Gasteiger partial charge in [-0.25, -0.2) is 22.8 Å². The van der Waals surface area contributed by atoms with E-state index in [-0.39, 0.29) is 34.6 Å². The van der Waals surface area contributed by atoms with Crippen LogP contribution in [0.3, 0.4) is 0 Å². The molecule has 0 bridgehead atoms. The molecule has 4 heterocycles. The van der Waals surface area contributed by atoms with Gasteiger partial charge in [0.2, 0.25) is 5.91 Å². The van der Waals surface area contributed by atoms with Crippen LogP contribution in [-0.4, -0.2) is 91.9 Å². The largest absolute Gasteiger partial charge is 0.487 e. The summed E-state index contributed by atoms with van der Waals surface area (Å²) >= 11 is 5.94. The predicted octanol–water partition coefficient (Wildman–Crippen LogP) is 3.33. The van der Waals surface area contributed by atoms with E-state index in [9.17, 15) is 17.6 Å². The first-order valence-corrected chi connectivity index (χ1v) is 15.7. The van der Waals surface area contributed by atoms with Crippen molar-refractivity contribution in [2.75, 3.05) is 55.0 Å². The Balaban J connectivity index is 1.23. The summed E-state index contributed by atoms with van der Waals surface area (Å²) in [5.41, 5.74) is 1.32. The number of halogens is 2. The Bertz CT molecular complexity index is 1630. The lowest BCUT2D eigenvalue weighted by molar-refractivity contribution is -0.116. The summed E-state index contributed by atoms with van der Waals surface area (Å²) in [6.07, 6.45) is 4.46. The smallest absolute Gasteiger partial charge is 0.248 e. The number of aromatic nitrogens is 2. The van der Waals surface area contributed by atoms with Crippen molar-refractivity contribution in [3.05, 3.63) is 59.7 Å². The zero-order valence-electron chi connectivity index (χ0n) is 22.5. The number of amides is 1. The van der Waals surface area contributed by atoms with Crippen LogP contribution in [0, 0.1) is 5.82 Å². The molecule has 3 fully saturated rings. The highest BCUT2D eigenvalue weighted by molar-refractivity contribution is 7.91. The first-order chi connectivity index (χ1) is 20.2. The van der Waals surface area contributed by atoms with Crippen LogP contribution in [-0.2, 0) is 24.1 Å². The molecule has 6 rings (SSSR count). The summed E-state index contributed by atoms with van der Waals surface area (Å²) in [6.45, 7) is 3.21. The van der Waals surface area contributed by atoms with Crippen molar-refractivity contribution < 1.29 is 31.8 Å². The van der Waals surface area contributed by atoms with Gasteiger partial charge in [-0.2, -0.15) is 0 Å². The van der Waals surface area contributed by atoms with Crippen molar-refractivity contribution in [2.45, 2.75) is 24.7 Å². The van der Waals surface area contributed by atoms with Crippen LogP contribution >= 0.6 is 11.6 Å². The number of hydrogen-bond acceptors (Lipinski definition) is 10. The third kappa shape index (κ3) is 6.65. The lowest BCUT2D eigenvalue weighted by Crippen LogP contribution is -2.36. The van der Waals surface area contributed by atoms with Crippen LogP contribution in [0.2, 0.25) is 5.02 Å². The molecule has 0 saturated carbocycles. The van der Waals surface area contributed by atoms with E-state index in [2.05, 4.69) is 25.5 Å². The van der Waals surface area contributed by atoms with Crippen molar-refractivity contribution in [3.63, 3.8) is 0 Å². The van der Waals surface area contributed by atoms with Gasteiger partial charge in [0.25, 0.3) is 0 Å². The Labute approximate surface area is 246 Å². The fourth-order valence-electron chi connectivity index (χ4n) is 5.29. The van der Waals surface area contributed by atoms with E-state index < -0.39 is 21.8 Å². The van der Waals surface area contributed by atoms with E-state index in [0.29, 0.717) is 60.0 Å². The molecule has 0 spiro atoms. The van der Waals surface area contributed by atoms with E-state index >= 15 is 0 Å². The lowest BCUT2D eigenvalue weighted by atomic mass is 10.1. The monoisotopic (exact) mass is 617 g/mol. The Morgan fingerprint density at radius 3 is 2.67 bits per heavy atom. The maximum Gasteiger partial charge on any atom is 0.248 e. The summed E-state index contributed by atoms with van der Waals surface area (Å²) in [4.78, 5) is 23.8. The van der Waals surface area contributed by atoms with Crippen molar-refractivity contribution >= 4 is 55.4 Å². The number of benzene rings is 2. The van der Waals surface area contributed by atoms with E-state index in [4.69, 9.17) is 25.8 Å². The molecular formula is C28H29ClFN5O6S. The second kappa shape index (κ2) is 12.1. The molecule has 222 valence electrons. The van der Waals surface area contributed by atoms with Gasteiger partial charge in [0.15, 0.2) is 9.84 Å². The summed E-state index contributed by atoms with van der Waals surface area (Å²) in [5.74, 6) is -0.318. The van der Waals surface area contributed by atoms with E-state index in [1.54, 1.807) is 18.2 Å². The molecule has 2 aromatic carbocycles. The van der Waals surface area contributed by atoms with Crippen LogP contribution in [0.4, 0.5) is 21.6 Å². The number of sulfone groups is 1. The number of nitrogens with zero attached hydrogens (tertiary/aromatic N) is 3. The minimum Gasteiger partial charge on any atom is -0.487 e. The topological polar surface area (TPSA) is 132 Å². The molecule has 3 aliphatic rings. The molecule has 3 aliphatic heterocycles. The first kappa shape index (κ1) is 28.7. The number of anilines is 3. The maximum atomic E-state index is 13.7.